The highest BCUT2D eigenvalue weighted by molar-refractivity contribution is 6.53. The van der Waals surface area contributed by atoms with E-state index in [-0.39, 0.29) is 6.61 Å². The number of carbonyl (C=O) groups excluding carboxylic acids is 2. The third-order valence-corrected chi connectivity index (χ3v) is 4.80. The second-order valence-corrected chi connectivity index (χ2v) is 7.14. The van der Waals surface area contributed by atoms with Crippen molar-refractivity contribution in [2.45, 2.75) is 31.5 Å². The number of anilines is 1. The first-order valence-electron chi connectivity index (χ1n) is 6.58. The SMILES string of the molecule is Cc1ccc(NC(=O)COC(=O)[C@@]2(C)CC2(Cl)Cl)c(C)c1. The number of amides is 1. The third kappa shape index (κ3) is 3.33. The lowest BCUT2D eigenvalue weighted by Gasteiger charge is -2.12. The molecule has 1 atom stereocenters. The highest BCUT2D eigenvalue weighted by Gasteiger charge is 2.69. The normalized spacial score (nSPS) is 22.5. The number of ether oxygens (including phenoxy) is 1. The van der Waals surface area contributed by atoms with Crippen LogP contribution in [0.1, 0.15) is 24.5 Å². The molecule has 1 aliphatic carbocycles. The molecule has 1 aliphatic rings. The van der Waals surface area contributed by atoms with Gasteiger partial charge in [0.05, 0.1) is 0 Å². The minimum atomic E-state index is -1.09. The Morgan fingerprint density at radius 1 is 1.33 bits per heavy atom. The minimum absolute atomic E-state index is 0.334. The molecular formula is C15H17Cl2NO3. The van der Waals surface area contributed by atoms with Gasteiger partial charge in [-0.05, 0) is 32.4 Å². The van der Waals surface area contributed by atoms with Gasteiger partial charge in [0.15, 0.2) is 6.61 Å². The topological polar surface area (TPSA) is 55.4 Å². The molecule has 1 fully saturated rings. The maximum Gasteiger partial charge on any atom is 0.315 e. The second-order valence-electron chi connectivity index (χ2n) is 5.66. The average molecular weight is 330 g/mol. The molecule has 114 valence electrons. The van der Waals surface area contributed by atoms with Gasteiger partial charge in [-0.2, -0.15) is 0 Å². The fourth-order valence-corrected chi connectivity index (χ4v) is 2.74. The number of benzene rings is 1. The van der Waals surface area contributed by atoms with Crippen LogP contribution in [0.4, 0.5) is 5.69 Å². The Bertz CT molecular complexity index is 601. The summed E-state index contributed by atoms with van der Waals surface area (Å²) in [6.07, 6.45) is 0.334. The van der Waals surface area contributed by atoms with Gasteiger partial charge in [-0.3, -0.25) is 9.59 Å². The molecule has 21 heavy (non-hydrogen) atoms. The molecule has 1 N–H and O–H groups in total. The van der Waals surface area contributed by atoms with Crippen LogP contribution >= 0.6 is 23.2 Å². The molecule has 1 aromatic rings. The zero-order valence-electron chi connectivity index (χ0n) is 12.1. The van der Waals surface area contributed by atoms with E-state index in [1.165, 1.54) is 0 Å². The fraction of sp³-hybridized carbons (Fsp3) is 0.467. The molecule has 1 saturated carbocycles. The second kappa shape index (κ2) is 5.50. The first-order chi connectivity index (χ1) is 9.65. The lowest BCUT2D eigenvalue weighted by Crippen LogP contribution is -2.27. The molecule has 0 aliphatic heterocycles. The number of nitrogens with one attached hydrogen (secondary N) is 1. The van der Waals surface area contributed by atoms with E-state index >= 15 is 0 Å². The number of rotatable bonds is 4. The van der Waals surface area contributed by atoms with Crippen molar-refractivity contribution >= 4 is 40.8 Å². The molecule has 0 saturated heterocycles. The van der Waals surface area contributed by atoms with E-state index < -0.39 is 21.6 Å². The van der Waals surface area contributed by atoms with Gasteiger partial charge in [0, 0.05) is 12.1 Å². The molecule has 0 radical (unpaired) electrons. The average Bonchev–Trinajstić information content (AvgIpc) is 2.90. The van der Waals surface area contributed by atoms with E-state index in [1.807, 2.05) is 32.0 Å². The Morgan fingerprint density at radius 3 is 2.48 bits per heavy atom. The number of esters is 1. The van der Waals surface area contributed by atoms with Crippen LogP contribution in [0, 0.1) is 19.3 Å². The van der Waals surface area contributed by atoms with Crippen molar-refractivity contribution in [3.05, 3.63) is 29.3 Å². The van der Waals surface area contributed by atoms with E-state index in [1.54, 1.807) is 6.92 Å². The summed E-state index contributed by atoms with van der Waals surface area (Å²) in [5.41, 5.74) is 1.84. The van der Waals surface area contributed by atoms with Gasteiger partial charge < -0.3 is 10.1 Å². The van der Waals surface area contributed by atoms with Crippen LogP contribution in [0.25, 0.3) is 0 Å². The molecule has 0 heterocycles. The molecule has 0 bridgehead atoms. The summed E-state index contributed by atoms with van der Waals surface area (Å²) < 4.78 is 3.89. The number of aryl methyl sites for hydroxylation is 2. The Kier molecular flexibility index (Phi) is 4.22. The van der Waals surface area contributed by atoms with E-state index in [9.17, 15) is 9.59 Å². The van der Waals surface area contributed by atoms with Crippen molar-refractivity contribution in [2.24, 2.45) is 5.41 Å². The Balaban J connectivity index is 1.87. The van der Waals surface area contributed by atoms with Crippen molar-refractivity contribution in [1.82, 2.24) is 0 Å². The largest absolute Gasteiger partial charge is 0.455 e. The molecule has 2 rings (SSSR count). The van der Waals surface area contributed by atoms with Crippen LogP contribution in [-0.4, -0.2) is 22.8 Å². The maximum absolute atomic E-state index is 11.8. The van der Waals surface area contributed by atoms with Crippen LogP contribution in [0.15, 0.2) is 18.2 Å². The molecule has 4 nitrogen and oxygen atoms in total. The predicted octanol–water partition coefficient (Wildman–Crippen LogP) is 3.37. The summed E-state index contributed by atoms with van der Waals surface area (Å²) in [5, 5.41) is 2.70. The standard InChI is InChI=1S/C15H17Cl2NO3/c1-9-4-5-11(10(2)6-9)18-12(19)7-21-13(20)14(3)8-15(14,16)17/h4-6H,7-8H2,1-3H3,(H,18,19)/t14-/m1/s1. The summed E-state index contributed by atoms with van der Waals surface area (Å²) in [6.45, 7) is 5.14. The van der Waals surface area contributed by atoms with Crippen LogP contribution in [0.5, 0.6) is 0 Å². The fourth-order valence-electron chi connectivity index (χ4n) is 2.05. The van der Waals surface area contributed by atoms with Gasteiger partial charge in [-0.25, -0.2) is 0 Å². The Hall–Kier alpha value is -1.26. The van der Waals surface area contributed by atoms with Gasteiger partial charge in [0.1, 0.15) is 9.75 Å². The highest BCUT2D eigenvalue weighted by atomic mass is 35.5. The third-order valence-electron chi connectivity index (χ3n) is 3.70. The Morgan fingerprint density at radius 2 is 1.95 bits per heavy atom. The summed E-state index contributed by atoms with van der Waals surface area (Å²) >= 11 is 11.8. The summed E-state index contributed by atoms with van der Waals surface area (Å²) in [7, 11) is 0. The van der Waals surface area contributed by atoms with Gasteiger partial charge in [-0.15, -0.1) is 23.2 Å². The number of hydrogen-bond donors (Lipinski definition) is 1. The van der Waals surface area contributed by atoms with Gasteiger partial charge in [0.25, 0.3) is 5.91 Å². The van der Waals surface area contributed by atoms with Crippen LogP contribution in [0.3, 0.4) is 0 Å². The van der Waals surface area contributed by atoms with Crippen LogP contribution in [-0.2, 0) is 14.3 Å². The molecule has 6 heteroatoms. The quantitative estimate of drug-likeness (QED) is 0.680. The number of halogens is 2. The van der Waals surface area contributed by atoms with Crippen LogP contribution in [0.2, 0.25) is 0 Å². The molecule has 0 spiro atoms. The Labute approximate surface area is 133 Å². The zero-order chi connectivity index (χ0) is 15.8. The first kappa shape index (κ1) is 16.1. The molecule has 0 aromatic heterocycles. The highest BCUT2D eigenvalue weighted by Crippen LogP contribution is 2.64. The number of alkyl halides is 2. The summed E-state index contributed by atoms with van der Waals surface area (Å²) in [6, 6.07) is 5.67. The molecule has 0 unspecified atom stereocenters. The smallest absolute Gasteiger partial charge is 0.315 e. The number of carbonyl (C=O) groups is 2. The van der Waals surface area contributed by atoms with Crippen molar-refractivity contribution in [1.29, 1.82) is 0 Å². The summed E-state index contributed by atoms with van der Waals surface area (Å²) in [4.78, 5) is 23.6. The first-order valence-corrected chi connectivity index (χ1v) is 7.33. The molecule has 1 aromatic carbocycles. The molecular weight excluding hydrogens is 313 g/mol. The van der Waals surface area contributed by atoms with Crippen molar-refractivity contribution in [2.75, 3.05) is 11.9 Å². The van der Waals surface area contributed by atoms with Crippen molar-refractivity contribution in [3.8, 4) is 0 Å². The summed E-state index contributed by atoms with van der Waals surface area (Å²) in [5.74, 6) is -0.947. The minimum Gasteiger partial charge on any atom is -0.455 e. The van der Waals surface area contributed by atoms with Crippen molar-refractivity contribution < 1.29 is 14.3 Å². The van der Waals surface area contributed by atoms with E-state index in [0.717, 1.165) is 11.1 Å². The zero-order valence-corrected chi connectivity index (χ0v) is 13.6. The lowest BCUT2D eigenvalue weighted by atomic mass is 10.1. The van der Waals surface area contributed by atoms with Gasteiger partial charge in [0.2, 0.25) is 0 Å². The number of hydrogen-bond acceptors (Lipinski definition) is 3. The van der Waals surface area contributed by atoms with E-state index in [2.05, 4.69) is 5.32 Å². The maximum atomic E-state index is 11.8. The van der Waals surface area contributed by atoms with Gasteiger partial charge in [-0.1, -0.05) is 17.7 Å². The predicted molar refractivity (Wildman–Crippen MR) is 82.7 cm³/mol. The van der Waals surface area contributed by atoms with Crippen LogP contribution < -0.4 is 5.32 Å². The molecule has 1 amide bonds. The monoisotopic (exact) mass is 329 g/mol. The van der Waals surface area contributed by atoms with Gasteiger partial charge >= 0.3 is 5.97 Å². The van der Waals surface area contributed by atoms with Crippen molar-refractivity contribution in [3.63, 3.8) is 0 Å². The van der Waals surface area contributed by atoms with E-state index in [0.29, 0.717) is 12.1 Å². The van der Waals surface area contributed by atoms with E-state index in [4.69, 9.17) is 27.9 Å². The lowest BCUT2D eigenvalue weighted by molar-refractivity contribution is -0.152.